The summed E-state index contributed by atoms with van der Waals surface area (Å²) in [6.07, 6.45) is 0.200. The Morgan fingerprint density at radius 1 is 1.38 bits per heavy atom. The molecular weight excluding hydrogens is 162 g/mol. The van der Waals surface area contributed by atoms with Crippen LogP contribution in [-0.4, -0.2) is 25.7 Å². The van der Waals surface area contributed by atoms with Crippen molar-refractivity contribution in [1.29, 1.82) is 0 Å². The van der Waals surface area contributed by atoms with Crippen molar-refractivity contribution in [2.24, 2.45) is 5.73 Å². The Morgan fingerprint density at radius 2 is 2.00 bits per heavy atom. The second-order valence-corrected chi connectivity index (χ2v) is 3.04. The van der Waals surface area contributed by atoms with Crippen LogP contribution in [0.5, 0.6) is 0 Å². The molecule has 1 atom stereocenters. The van der Waals surface area contributed by atoms with Gasteiger partial charge in [-0.3, -0.25) is 4.90 Å². The molecule has 3 nitrogen and oxygen atoms in total. The van der Waals surface area contributed by atoms with E-state index in [4.69, 9.17) is 5.73 Å². The summed E-state index contributed by atoms with van der Waals surface area (Å²) in [5.41, 5.74) is 6.81. The average Bonchev–Trinajstić information content (AvgIpc) is 2.20. The Bertz CT molecular complexity index is 235. The van der Waals surface area contributed by atoms with Crippen molar-refractivity contribution >= 4 is 0 Å². The minimum atomic E-state index is 0.200. The maximum atomic E-state index is 5.57. The summed E-state index contributed by atoms with van der Waals surface area (Å²) in [6, 6.07) is 10.3. The van der Waals surface area contributed by atoms with Gasteiger partial charge in [0.2, 0.25) is 0 Å². The molecule has 13 heavy (non-hydrogen) atoms. The highest BCUT2D eigenvalue weighted by Gasteiger charge is 2.11. The topological polar surface area (TPSA) is 41.3 Å². The van der Waals surface area contributed by atoms with Gasteiger partial charge < -0.3 is 11.1 Å². The van der Waals surface area contributed by atoms with Gasteiger partial charge in [0.25, 0.3) is 0 Å². The lowest BCUT2D eigenvalue weighted by molar-refractivity contribution is 0.222. The summed E-state index contributed by atoms with van der Waals surface area (Å²) < 4.78 is 0. The maximum absolute atomic E-state index is 5.57. The summed E-state index contributed by atoms with van der Waals surface area (Å²) in [5, 5.41) is 3.21. The molecule has 0 aliphatic heterocycles. The second kappa shape index (κ2) is 4.97. The van der Waals surface area contributed by atoms with Crippen LogP contribution < -0.4 is 11.1 Å². The van der Waals surface area contributed by atoms with Crippen LogP contribution in [0.2, 0.25) is 0 Å². The van der Waals surface area contributed by atoms with E-state index in [1.807, 2.05) is 32.3 Å². The molecule has 0 radical (unpaired) electrons. The first-order valence-electron chi connectivity index (χ1n) is 4.42. The monoisotopic (exact) mass is 179 g/mol. The predicted octanol–water partition coefficient (Wildman–Crippen LogP) is 0.753. The van der Waals surface area contributed by atoms with Gasteiger partial charge in [-0.05, 0) is 19.7 Å². The molecule has 1 aromatic carbocycles. The zero-order valence-electron chi connectivity index (χ0n) is 8.20. The Hall–Kier alpha value is -0.900. The summed E-state index contributed by atoms with van der Waals surface area (Å²) in [6.45, 7) is 0.542. The van der Waals surface area contributed by atoms with E-state index in [9.17, 15) is 0 Å². The van der Waals surface area contributed by atoms with Gasteiger partial charge in [0.1, 0.15) is 0 Å². The van der Waals surface area contributed by atoms with Crippen molar-refractivity contribution < 1.29 is 0 Å². The van der Waals surface area contributed by atoms with Gasteiger partial charge in [-0.2, -0.15) is 0 Å². The Balaban J connectivity index is 2.78. The van der Waals surface area contributed by atoms with E-state index < -0.39 is 0 Å². The number of benzene rings is 1. The summed E-state index contributed by atoms with van der Waals surface area (Å²) >= 11 is 0. The molecule has 0 heterocycles. The molecule has 1 aromatic rings. The first-order chi connectivity index (χ1) is 6.29. The van der Waals surface area contributed by atoms with E-state index in [1.54, 1.807) is 0 Å². The van der Waals surface area contributed by atoms with Gasteiger partial charge in [0.05, 0.1) is 6.17 Å². The number of nitrogens with two attached hydrogens (primary N) is 1. The normalized spacial score (nSPS) is 13.2. The van der Waals surface area contributed by atoms with Crippen molar-refractivity contribution in [3.63, 3.8) is 0 Å². The summed E-state index contributed by atoms with van der Waals surface area (Å²) in [5.74, 6) is 0. The van der Waals surface area contributed by atoms with Crippen LogP contribution in [0.15, 0.2) is 30.3 Å². The standard InChI is InChI=1S/C10H17N3/c1-12-10(13(2)8-11)9-6-4-3-5-7-9/h3-7,10,12H,8,11H2,1-2H3. The zero-order chi connectivity index (χ0) is 9.68. The van der Waals surface area contributed by atoms with Crippen molar-refractivity contribution in [2.45, 2.75) is 6.17 Å². The molecular formula is C10H17N3. The molecule has 1 unspecified atom stereocenters. The van der Waals surface area contributed by atoms with Crippen molar-refractivity contribution in [1.82, 2.24) is 10.2 Å². The van der Waals surface area contributed by atoms with Crippen LogP contribution in [0.4, 0.5) is 0 Å². The van der Waals surface area contributed by atoms with Crippen molar-refractivity contribution in [3.05, 3.63) is 35.9 Å². The predicted molar refractivity (Wildman–Crippen MR) is 55.1 cm³/mol. The highest BCUT2D eigenvalue weighted by molar-refractivity contribution is 5.18. The zero-order valence-corrected chi connectivity index (χ0v) is 8.20. The second-order valence-electron chi connectivity index (χ2n) is 3.04. The lowest BCUT2D eigenvalue weighted by Crippen LogP contribution is -2.37. The van der Waals surface area contributed by atoms with Crippen LogP contribution in [0.3, 0.4) is 0 Å². The third-order valence-electron chi connectivity index (χ3n) is 2.12. The Labute approximate surface area is 79.5 Å². The molecule has 3 heteroatoms. The fourth-order valence-electron chi connectivity index (χ4n) is 1.38. The van der Waals surface area contributed by atoms with Gasteiger partial charge in [-0.15, -0.1) is 0 Å². The third kappa shape index (κ3) is 2.52. The lowest BCUT2D eigenvalue weighted by atomic mass is 10.1. The van der Waals surface area contributed by atoms with E-state index in [0.29, 0.717) is 6.67 Å². The lowest BCUT2D eigenvalue weighted by Gasteiger charge is -2.26. The molecule has 0 fully saturated rings. The molecule has 1 rings (SSSR count). The molecule has 0 aliphatic rings. The fourth-order valence-corrected chi connectivity index (χ4v) is 1.38. The number of rotatable bonds is 4. The molecule has 0 amide bonds. The fraction of sp³-hybridized carbons (Fsp3) is 0.400. The SMILES string of the molecule is CNC(c1ccccc1)N(C)CN. The van der Waals surface area contributed by atoms with E-state index in [1.165, 1.54) is 5.56 Å². The molecule has 0 saturated heterocycles. The summed E-state index contributed by atoms with van der Waals surface area (Å²) in [7, 11) is 3.93. The highest BCUT2D eigenvalue weighted by atomic mass is 15.3. The van der Waals surface area contributed by atoms with Gasteiger partial charge in [-0.25, -0.2) is 0 Å². The van der Waals surface area contributed by atoms with Crippen LogP contribution in [-0.2, 0) is 0 Å². The maximum Gasteiger partial charge on any atom is 0.0865 e. The van der Waals surface area contributed by atoms with E-state index in [2.05, 4.69) is 22.3 Å². The minimum Gasteiger partial charge on any atom is -0.318 e. The van der Waals surface area contributed by atoms with E-state index in [0.717, 1.165) is 0 Å². The molecule has 0 aliphatic carbocycles. The quantitative estimate of drug-likeness (QED) is 0.670. The van der Waals surface area contributed by atoms with Gasteiger partial charge in [-0.1, -0.05) is 30.3 Å². The Kier molecular flexibility index (Phi) is 3.89. The van der Waals surface area contributed by atoms with Gasteiger partial charge in [0.15, 0.2) is 0 Å². The molecule has 0 saturated carbocycles. The van der Waals surface area contributed by atoms with Crippen LogP contribution in [0, 0.1) is 0 Å². The molecule has 0 aromatic heterocycles. The molecule has 3 N–H and O–H groups in total. The number of hydrogen-bond acceptors (Lipinski definition) is 3. The summed E-state index contributed by atoms with van der Waals surface area (Å²) in [4.78, 5) is 2.05. The van der Waals surface area contributed by atoms with Gasteiger partial charge >= 0.3 is 0 Å². The minimum absolute atomic E-state index is 0.200. The highest BCUT2D eigenvalue weighted by Crippen LogP contribution is 2.13. The average molecular weight is 179 g/mol. The van der Waals surface area contributed by atoms with Crippen LogP contribution in [0.1, 0.15) is 11.7 Å². The first-order valence-corrected chi connectivity index (χ1v) is 4.42. The Morgan fingerprint density at radius 3 is 2.46 bits per heavy atom. The number of nitrogens with zero attached hydrogens (tertiary/aromatic N) is 1. The largest absolute Gasteiger partial charge is 0.318 e. The van der Waals surface area contributed by atoms with Crippen LogP contribution >= 0.6 is 0 Å². The third-order valence-corrected chi connectivity index (χ3v) is 2.12. The van der Waals surface area contributed by atoms with Gasteiger partial charge in [0, 0.05) is 6.67 Å². The van der Waals surface area contributed by atoms with Crippen molar-refractivity contribution in [2.75, 3.05) is 20.8 Å². The van der Waals surface area contributed by atoms with Crippen LogP contribution in [0.25, 0.3) is 0 Å². The molecule has 0 bridgehead atoms. The number of hydrogen-bond donors (Lipinski definition) is 2. The smallest absolute Gasteiger partial charge is 0.0865 e. The van der Waals surface area contributed by atoms with Crippen molar-refractivity contribution in [3.8, 4) is 0 Å². The van der Waals surface area contributed by atoms with E-state index >= 15 is 0 Å². The van der Waals surface area contributed by atoms with E-state index in [-0.39, 0.29) is 6.17 Å². The molecule has 0 spiro atoms. The number of nitrogens with one attached hydrogen (secondary N) is 1. The molecule has 72 valence electrons. The first kappa shape index (κ1) is 10.2.